The Hall–Kier alpha value is -3.11. The van der Waals surface area contributed by atoms with Crippen LogP contribution in [-0.2, 0) is 29.0 Å². The molecule has 0 spiro atoms. The van der Waals surface area contributed by atoms with Gasteiger partial charge in [0.05, 0.1) is 6.42 Å². The molecular weight excluding hydrogens is 480 g/mol. The Labute approximate surface area is 226 Å². The predicted molar refractivity (Wildman–Crippen MR) is 151 cm³/mol. The number of benzene rings is 3. The van der Waals surface area contributed by atoms with Gasteiger partial charge in [0, 0.05) is 24.0 Å². The Balaban J connectivity index is 1.67. The third-order valence-electron chi connectivity index (χ3n) is 7.45. The molecule has 1 atom stereocenters. The molecule has 0 heterocycles. The van der Waals surface area contributed by atoms with Crippen LogP contribution in [0.25, 0.3) is 0 Å². The summed E-state index contributed by atoms with van der Waals surface area (Å²) in [7, 11) is 0. The fourth-order valence-electron chi connectivity index (χ4n) is 5.10. The molecule has 0 unspecified atom stereocenters. The van der Waals surface area contributed by atoms with E-state index in [1.54, 1.807) is 4.90 Å². The van der Waals surface area contributed by atoms with Gasteiger partial charge in [0.25, 0.3) is 0 Å². The highest BCUT2D eigenvalue weighted by molar-refractivity contribution is 6.31. The number of carbonyl (C=O) groups is 2. The lowest BCUT2D eigenvalue weighted by atomic mass is 9.94. The second kappa shape index (κ2) is 12.9. The first-order valence-corrected chi connectivity index (χ1v) is 13.7. The highest BCUT2D eigenvalue weighted by atomic mass is 35.5. The van der Waals surface area contributed by atoms with Gasteiger partial charge in [-0.1, -0.05) is 97.6 Å². The SMILES string of the molecule is Cc1ccc(CC(=O)N(Cc2ccccc2Cl)[C@H](Cc2ccccc2)C(=O)NC2CCCCC2)cc1C. The zero-order valence-corrected chi connectivity index (χ0v) is 22.6. The van der Waals surface area contributed by atoms with Crippen molar-refractivity contribution in [2.24, 2.45) is 0 Å². The molecule has 4 nitrogen and oxygen atoms in total. The van der Waals surface area contributed by atoms with Crippen LogP contribution in [0.4, 0.5) is 0 Å². The van der Waals surface area contributed by atoms with Gasteiger partial charge in [-0.15, -0.1) is 0 Å². The number of halogens is 1. The van der Waals surface area contributed by atoms with Crippen LogP contribution in [0.1, 0.15) is 59.9 Å². The van der Waals surface area contributed by atoms with Crippen LogP contribution < -0.4 is 5.32 Å². The zero-order valence-electron chi connectivity index (χ0n) is 21.9. The largest absolute Gasteiger partial charge is 0.352 e. The molecule has 1 fully saturated rings. The van der Waals surface area contributed by atoms with Crippen LogP contribution in [0.3, 0.4) is 0 Å². The molecule has 0 aromatic heterocycles. The minimum Gasteiger partial charge on any atom is -0.352 e. The van der Waals surface area contributed by atoms with Gasteiger partial charge in [0.15, 0.2) is 0 Å². The average molecular weight is 517 g/mol. The van der Waals surface area contributed by atoms with E-state index in [0.717, 1.165) is 47.9 Å². The monoisotopic (exact) mass is 516 g/mol. The second-order valence-electron chi connectivity index (χ2n) is 10.3. The van der Waals surface area contributed by atoms with E-state index in [1.807, 2.05) is 66.7 Å². The van der Waals surface area contributed by atoms with Crippen LogP contribution in [0.5, 0.6) is 0 Å². The highest BCUT2D eigenvalue weighted by Crippen LogP contribution is 2.23. The van der Waals surface area contributed by atoms with Crippen molar-refractivity contribution in [3.8, 4) is 0 Å². The third kappa shape index (κ3) is 7.45. The predicted octanol–water partition coefficient (Wildman–Crippen LogP) is 6.59. The number of nitrogens with zero attached hydrogens (tertiary/aromatic N) is 1. The Morgan fingerprint density at radius 3 is 2.30 bits per heavy atom. The molecule has 4 rings (SSSR count). The van der Waals surface area contributed by atoms with E-state index in [4.69, 9.17) is 11.6 Å². The fraction of sp³-hybridized carbons (Fsp3) is 0.375. The fourth-order valence-corrected chi connectivity index (χ4v) is 5.29. The summed E-state index contributed by atoms with van der Waals surface area (Å²) in [4.78, 5) is 29.5. The van der Waals surface area contributed by atoms with Crippen LogP contribution in [-0.4, -0.2) is 28.8 Å². The van der Waals surface area contributed by atoms with E-state index in [-0.39, 0.29) is 30.8 Å². The van der Waals surface area contributed by atoms with Gasteiger partial charge in [-0.25, -0.2) is 0 Å². The zero-order chi connectivity index (χ0) is 26.2. The van der Waals surface area contributed by atoms with Crippen LogP contribution >= 0.6 is 11.6 Å². The maximum absolute atomic E-state index is 14.0. The van der Waals surface area contributed by atoms with Crippen molar-refractivity contribution in [3.63, 3.8) is 0 Å². The van der Waals surface area contributed by atoms with E-state index in [2.05, 4.69) is 25.2 Å². The summed E-state index contributed by atoms with van der Waals surface area (Å²) in [6, 6.07) is 23.1. The first kappa shape index (κ1) is 26.9. The topological polar surface area (TPSA) is 49.4 Å². The number of aryl methyl sites for hydroxylation is 2. The molecule has 0 radical (unpaired) electrons. The molecule has 0 aliphatic heterocycles. The molecule has 2 amide bonds. The Kier molecular flexibility index (Phi) is 9.40. The highest BCUT2D eigenvalue weighted by Gasteiger charge is 2.32. The van der Waals surface area contributed by atoms with Gasteiger partial charge in [-0.05, 0) is 60.6 Å². The summed E-state index contributed by atoms with van der Waals surface area (Å²) >= 11 is 6.53. The van der Waals surface area contributed by atoms with E-state index < -0.39 is 6.04 Å². The molecule has 3 aromatic rings. The molecule has 3 aromatic carbocycles. The second-order valence-corrected chi connectivity index (χ2v) is 10.7. The van der Waals surface area contributed by atoms with Crippen molar-refractivity contribution in [2.75, 3.05) is 0 Å². The smallest absolute Gasteiger partial charge is 0.243 e. The van der Waals surface area contributed by atoms with Crippen molar-refractivity contribution in [1.29, 1.82) is 0 Å². The van der Waals surface area contributed by atoms with E-state index >= 15 is 0 Å². The minimum absolute atomic E-state index is 0.0806. The Morgan fingerprint density at radius 1 is 0.892 bits per heavy atom. The number of nitrogens with one attached hydrogen (secondary N) is 1. The first-order chi connectivity index (χ1) is 17.9. The molecule has 1 aliphatic carbocycles. The summed E-state index contributed by atoms with van der Waals surface area (Å²) in [5.74, 6) is -0.167. The van der Waals surface area contributed by atoms with Gasteiger partial charge in [0.2, 0.25) is 11.8 Å². The molecule has 0 saturated heterocycles. The number of amides is 2. The lowest BCUT2D eigenvalue weighted by Crippen LogP contribution is -2.53. The van der Waals surface area contributed by atoms with Crippen molar-refractivity contribution < 1.29 is 9.59 Å². The van der Waals surface area contributed by atoms with Gasteiger partial charge in [0.1, 0.15) is 6.04 Å². The summed E-state index contributed by atoms with van der Waals surface area (Å²) in [5, 5.41) is 3.88. The van der Waals surface area contributed by atoms with Gasteiger partial charge >= 0.3 is 0 Å². The molecule has 1 N–H and O–H groups in total. The maximum atomic E-state index is 14.0. The van der Waals surface area contributed by atoms with E-state index in [0.29, 0.717) is 11.4 Å². The molecule has 37 heavy (non-hydrogen) atoms. The number of hydrogen-bond donors (Lipinski definition) is 1. The van der Waals surface area contributed by atoms with Crippen LogP contribution in [0.15, 0.2) is 72.8 Å². The molecular formula is C32H37ClN2O2. The van der Waals surface area contributed by atoms with Crippen molar-refractivity contribution in [1.82, 2.24) is 10.2 Å². The van der Waals surface area contributed by atoms with Crippen molar-refractivity contribution in [3.05, 3.63) is 106 Å². The lowest BCUT2D eigenvalue weighted by molar-refractivity contribution is -0.141. The first-order valence-electron chi connectivity index (χ1n) is 13.3. The van der Waals surface area contributed by atoms with E-state index in [9.17, 15) is 9.59 Å². The van der Waals surface area contributed by atoms with Crippen molar-refractivity contribution in [2.45, 2.75) is 77.4 Å². The van der Waals surface area contributed by atoms with Gasteiger partial charge < -0.3 is 10.2 Å². The number of rotatable bonds is 9. The summed E-state index contributed by atoms with van der Waals surface area (Å²) in [6.45, 7) is 4.40. The van der Waals surface area contributed by atoms with Crippen LogP contribution in [0.2, 0.25) is 5.02 Å². The molecule has 1 aliphatic rings. The van der Waals surface area contributed by atoms with Crippen LogP contribution in [0, 0.1) is 13.8 Å². The lowest BCUT2D eigenvalue weighted by Gasteiger charge is -2.34. The summed E-state index contributed by atoms with van der Waals surface area (Å²) < 4.78 is 0. The number of hydrogen-bond acceptors (Lipinski definition) is 2. The van der Waals surface area contributed by atoms with Crippen molar-refractivity contribution >= 4 is 23.4 Å². The number of carbonyl (C=O) groups excluding carboxylic acids is 2. The average Bonchev–Trinajstić information content (AvgIpc) is 2.90. The molecule has 194 valence electrons. The van der Waals surface area contributed by atoms with E-state index in [1.165, 1.54) is 12.0 Å². The molecule has 5 heteroatoms. The Bertz CT molecular complexity index is 1200. The normalized spacial score (nSPS) is 14.7. The molecule has 1 saturated carbocycles. The standard InChI is InChI=1S/C32H37ClN2O2/c1-23-17-18-26(19-24(23)2)21-31(36)35(22-27-13-9-10-16-29(27)33)30(20-25-11-5-3-6-12-25)32(37)34-28-14-7-4-8-15-28/h3,5-6,9-13,16-19,28,30H,4,7-8,14-15,20-22H2,1-2H3,(H,34,37)/t30-/m1/s1. The third-order valence-corrected chi connectivity index (χ3v) is 7.82. The van der Waals surface area contributed by atoms with Gasteiger partial charge in [-0.3, -0.25) is 9.59 Å². The quantitative estimate of drug-likeness (QED) is 0.349. The van der Waals surface area contributed by atoms with Gasteiger partial charge in [-0.2, -0.15) is 0 Å². The minimum atomic E-state index is -0.639. The summed E-state index contributed by atoms with van der Waals surface area (Å²) in [6.07, 6.45) is 6.13. The molecule has 0 bridgehead atoms. The maximum Gasteiger partial charge on any atom is 0.243 e. The Morgan fingerprint density at radius 2 is 1.59 bits per heavy atom. The summed E-state index contributed by atoms with van der Waals surface area (Å²) in [5.41, 5.74) is 5.15.